The van der Waals surface area contributed by atoms with Crippen LogP contribution in [0.25, 0.3) is 0 Å². The summed E-state index contributed by atoms with van der Waals surface area (Å²) in [6.07, 6.45) is 3.60. The molecule has 21 heavy (non-hydrogen) atoms. The topological polar surface area (TPSA) is 84.6 Å². The smallest absolute Gasteiger partial charge is 0.251 e. The summed E-state index contributed by atoms with van der Waals surface area (Å²) in [7, 11) is 1.53. The average Bonchev–Trinajstić information content (AvgIpc) is 2.44. The molecule has 2 rings (SSSR count). The van der Waals surface area contributed by atoms with Crippen LogP contribution < -0.4 is 15.8 Å². The van der Waals surface area contributed by atoms with Crippen molar-refractivity contribution < 1.29 is 14.6 Å². The fourth-order valence-corrected chi connectivity index (χ4v) is 3.01. The average molecular weight is 292 g/mol. The van der Waals surface area contributed by atoms with Crippen LogP contribution in [-0.2, 0) is 0 Å². The third kappa shape index (κ3) is 4.11. The first-order chi connectivity index (χ1) is 9.92. The summed E-state index contributed by atoms with van der Waals surface area (Å²) in [5.41, 5.74) is 5.87. The third-order valence-electron chi connectivity index (χ3n) is 4.07. The zero-order valence-electron chi connectivity index (χ0n) is 12.7. The zero-order valence-corrected chi connectivity index (χ0v) is 12.7. The molecule has 1 amide bonds. The number of ether oxygens (including phenoxy) is 1. The lowest BCUT2D eigenvalue weighted by atomic mass is 9.79. The minimum absolute atomic E-state index is 0.243. The van der Waals surface area contributed by atoms with E-state index in [-0.39, 0.29) is 12.5 Å². The van der Waals surface area contributed by atoms with E-state index in [2.05, 4.69) is 12.2 Å². The summed E-state index contributed by atoms with van der Waals surface area (Å²) in [5.74, 6) is 0.797. The van der Waals surface area contributed by atoms with E-state index >= 15 is 0 Å². The molecule has 1 aliphatic rings. The second-order valence-electron chi connectivity index (χ2n) is 6.10. The van der Waals surface area contributed by atoms with Gasteiger partial charge in [0, 0.05) is 23.9 Å². The first-order valence-electron chi connectivity index (χ1n) is 7.37. The molecule has 5 heteroatoms. The standard InChI is InChI=1S/C16H24N2O3/c1-11-4-3-5-16(20,9-11)10-18-15(19)12-6-13(17)8-14(7-12)21-2/h6-8,11,20H,3-5,9-10,17H2,1-2H3,(H,18,19). The molecule has 1 aromatic rings. The number of nitrogens with two attached hydrogens (primary N) is 1. The van der Waals surface area contributed by atoms with Crippen LogP contribution >= 0.6 is 0 Å². The van der Waals surface area contributed by atoms with Crippen LogP contribution in [-0.4, -0.2) is 30.3 Å². The summed E-state index contributed by atoms with van der Waals surface area (Å²) in [5, 5.41) is 13.3. The number of hydrogen-bond acceptors (Lipinski definition) is 4. The fraction of sp³-hybridized carbons (Fsp3) is 0.562. The molecule has 0 aliphatic heterocycles. The number of methoxy groups -OCH3 is 1. The van der Waals surface area contributed by atoms with E-state index < -0.39 is 5.60 Å². The van der Waals surface area contributed by atoms with Crippen molar-refractivity contribution in [1.29, 1.82) is 0 Å². The summed E-state index contributed by atoms with van der Waals surface area (Å²) < 4.78 is 5.10. The Bertz CT molecular complexity index is 518. The molecule has 1 saturated carbocycles. The van der Waals surface area contributed by atoms with Crippen molar-refractivity contribution in [2.45, 2.75) is 38.2 Å². The molecule has 2 atom stereocenters. The summed E-state index contributed by atoms with van der Waals surface area (Å²) in [4.78, 5) is 12.2. The lowest BCUT2D eigenvalue weighted by molar-refractivity contribution is -0.0109. The SMILES string of the molecule is COc1cc(N)cc(C(=O)NCC2(O)CCCC(C)C2)c1. The van der Waals surface area contributed by atoms with Crippen LogP contribution in [0.3, 0.4) is 0 Å². The fourth-order valence-electron chi connectivity index (χ4n) is 3.01. The lowest BCUT2D eigenvalue weighted by Crippen LogP contribution is -2.45. The first kappa shape index (κ1) is 15.6. The molecular formula is C16H24N2O3. The van der Waals surface area contributed by atoms with Gasteiger partial charge in [0.15, 0.2) is 0 Å². The molecule has 0 aromatic heterocycles. The van der Waals surface area contributed by atoms with Gasteiger partial charge in [-0.05, 0) is 30.9 Å². The minimum Gasteiger partial charge on any atom is -0.497 e. The predicted octanol–water partition coefficient (Wildman–Crippen LogP) is 1.95. The van der Waals surface area contributed by atoms with Crippen molar-refractivity contribution in [3.63, 3.8) is 0 Å². The molecule has 1 aromatic carbocycles. The molecule has 0 radical (unpaired) electrons. The summed E-state index contributed by atoms with van der Waals surface area (Å²) in [6, 6.07) is 4.90. The summed E-state index contributed by atoms with van der Waals surface area (Å²) >= 11 is 0. The van der Waals surface area contributed by atoms with Crippen LogP contribution in [0, 0.1) is 5.92 Å². The highest BCUT2D eigenvalue weighted by Crippen LogP contribution is 2.31. The number of carbonyl (C=O) groups excluding carboxylic acids is 1. The maximum Gasteiger partial charge on any atom is 0.251 e. The molecule has 0 spiro atoms. The second-order valence-corrected chi connectivity index (χ2v) is 6.10. The van der Waals surface area contributed by atoms with Gasteiger partial charge in [-0.1, -0.05) is 19.8 Å². The Balaban J connectivity index is 2.00. The Kier molecular flexibility index (Phi) is 4.73. The quantitative estimate of drug-likeness (QED) is 0.741. The van der Waals surface area contributed by atoms with Crippen LogP contribution in [0.4, 0.5) is 5.69 Å². The number of nitrogen functional groups attached to an aromatic ring is 1. The highest BCUT2D eigenvalue weighted by atomic mass is 16.5. The monoisotopic (exact) mass is 292 g/mol. The Morgan fingerprint density at radius 3 is 2.95 bits per heavy atom. The highest BCUT2D eigenvalue weighted by Gasteiger charge is 2.32. The van der Waals surface area contributed by atoms with Gasteiger partial charge in [0.25, 0.3) is 5.91 Å². The Morgan fingerprint density at radius 1 is 1.52 bits per heavy atom. The van der Waals surface area contributed by atoms with Gasteiger partial charge in [0.05, 0.1) is 12.7 Å². The van der Waals surface area contributed by atoms with Crippen molar-refractivity contribution in [3.05, 3.63) is 23.8 Å². The van der Waals surface area contributed by atoms with Gasteiger partial charge in [-0.2, -0.15) is 0 Å². The molecule has 0 saturated heterocycles. The predicted molar refractivity (Wildman–Crippen MR) is 82.3 cm³/mol. The maximum absolute atomic E-state index is 12.2. The Hall–Kier alpha value is -1.75. The molecule has 5 nitrogen and oxygen atoms in total. The highest BCUT2D eigenvalue weighted by molar-refractivity contribution is 5.95. The number of hydrogen-bond donors (Lipinski definition) is 3. The van der Waals surface area contributed by atoms with Gasteiger partial charge in [-0.15, -0.1) is 0 Å². The van der Waals surface area contributed by atoms with Gasteiger partial charge in [-0.25, -0.2) is 0 Å². The summed E-state index contributed by atoms with van der Waals surface area (Å²) in [6.45, 7) is 2.40. The molecular weight excluding hydrogens is 268 g/mol. The number of rotatable bonds is 4. The van der Waals surface area contributed by atoms with E-state index in [9.17, 15) is 9.90 Å². The van der Waals surface area contributed by atoms with Crippen molar-refractivity contribution in [2.24, 2.45) is 5.92 Å². The Labute approximate surface area is 125 Å². The number of carbonyl (C=O) groups is 1. The number of amides is 1. The van der Waals surface area contributed by atoms with Gasteiger partial charge in [-0.3, -0.25) is 4.79 Å². The van der Waals surface area contributed by atoms with Crippen LogP contribution in [0.5, 0.6) is 5.75 Å². The minimum atomic E-state index is -0.794. The maximum atomic E-state index is 12.2. The Morgan fingerprint density at radius 2 is 2.29 bits per heavy atom. The van der Waals surface area contributed by atoms with Crippen LogP contribution in [0.1, 0.15) is 43.0 Å². The number of anilines is 1. The molecule has 2 unspecified atom stereocenters. The van der Waals surface area contributed by atoms with Crippen molar-refractivity contribution >= 4 is 11.6 Å². The van der Waals surface area contributed by atoms with Crippen LogP contribution in [0.2, 0.25) is 0 Å². The molecule has 1 fully saturated rings. The number of aliphatic hydroxyl groups is 1. The lowest BCUT2D eigenvalue weighted by Gasteiger charge is -2.35. The largest absolute Gasteiger partial charge is 0.497 e. The van der Waals surface area contributed by atoms with E-state index in [0.717, 1.165) is 25.7 Å². The van der Waals surface area contributed by atoms with E-state index in [1.165, 1.54) is 7.11 Å². The van der Waals surface area contributed by atoms with Gasteiger partial charge in [0.2, 0.25) is 0 Å². The van der Waals surface area contributed by atoms with Crippen molar-refractivity contribution in [2.75, 3.05) is 19.4 Å². The van der Waals surface area contributed by atoms with Gasteiger partial charge in [0.1, 0.15) is 5.75 Å². The van der Waals surface area contributed by atoms with E-state index in [0.29, 0.717) is 22.9 Å². The first-order valence-corrected chi connectivity index (χ1v) is 7.37. The third-order valence-corrected chi connectivity index (χ3v) is 4.07. The van der Waals surface area contributed by atoms with E-state index in [4.69, 9.17) is 10.5 Å². The number of benzene rings is 1. The molecule has 0 bridgehead atoms. The number of nitrogens with one attached hydrogen (secondary N) is 1. The van der Waals surface area contributed by atoms with E-state index in [1.54, 1.807) is 18.2 Å². The normalized spacial score (nSPS) is 25.4. The van der Waals surface area contributed by atoms with Gasteiger partial charge >= 0.3 is 0 Å². The zero-order chi connectivity index (χ0) is 15.5. The van der Waals surface area contributed by atoms with Crippen molar-refractivity contribution in [3.8, 4) is 5.75 Å². The second kappa shape index (κ2) is 6.35. The van der Waals surface area contributed by atoms with Crippen molar-refractivity contribution in [1.82, 2.24) is 5.32 Å². The van der Waals surface area contributed by atoms with E-state index in [1.807, 2.05) is 0 Å². The molecule has 116 valence electrons. The van der Waals surface area contributed by atoms with Gasteiger partial charge < -0.3 is 20.9 Å². The molecule has 1 aliphatic carbocycles. The molecule has 4 N–H and O–H groups in total. The molecule has 0 heterocycles. The van der Waals surface area contributed by atoms with Crippen LogP contribution in [0.15, 0.2) is 18.2 Å².